The number of halogens is 2. The minimum absolute atomic E-state index is 0.0324. The summed E-state index contributed by atoms with van der Waals surface area (Å²) >= 11 is 8.06. The number of anilines is 1. The van der Waals surface area contributed by atoms with Crippen molar-refractivity contribution in [1.29, 1.82) is 5.26 Å². The van der Waals surface area contributed by atoms with Crippen molar-refractivity contribution in [2.45, 2.75) is 13.3 Å². The van der Waals surface area contributed by atoms with Gasteiger partial charge in [-0.25, -0.2) is 0 Å². The molecular weight excluding hydrogens is 479 g/mol. The Morgan fingerprint density at radius 1 is 1.37 bits per heavy atom. The highest BCUT2D eigenvalue weighted by Crippen LogP contribution is 2.34. The van der Waals surface area contributed by atoms with E-state index >= 15 is 0 Å². The molecule has 2 aromatic rings. The summed E-state index contributed by atoms with van der Waals surface area (Å²) in [5.41, 5.74) is 1.15. The topological polar surface area (TPSA) is 71.3 Å². The molecule has 2 aromatic carbocycles. The number of amides is 1. The third kappa shape index (κ3) is 5.88. The summed E-state index contributed by atoms with van der Waals surface area (Å²) in [6.45, 7) is 2.60. The number of carbonyl (C=O) groups is 1. The van der Waals surface area contributed by atoms with Crippen LogP contribution >= 0.6 is 34.2 Å². The molecule has 0 aliphatic rings. The normalized spacial score (nSPS) is 10.9. The summed E-state index contributed by atoms with van der Waals surface area (Å²) in [6.07, 6.45) is 2.39. The van der Waals surface area contributed by atoms with E-state index in [-0.39, 0.29) is 5.57 Å². The molecule has 2 rings (SSSR count). The molecule has 0 fully saturated rings. The van der Waals surface area contributed by atoms with E-state index in [2.05, 4.69) is 27.9 Å². The van der Waals surface area contributed by atoms with Crippen molar-refractivity contribution < 1.29 is 14.3 Å². The Balaban J connectivity index is 2.30. The summed E-state index contributed by atoms with van der Waals surface area (Å²) in [5.74, 6) is 0.688. The molecule has 0 aliphatic heterocycles. The Labute approximate surface area is 177 Å². The van der Waals surface area contributed by atoms with Crippen LogP contribution in [0, 0.1) is 14.9 Å². The lowest BCUT2D eigenvalue weighted by atomic mass is 10.1. The summed E-state index contributed by atoms with van der Waals surface area (Å²) in [5, 5.41) is 12.6. The second kappa shape index (κ2) is 10.2. The number of hydrogen-bond donors (Lipinski definition) is 1. The van der Waals surface area contributed by atoms with E-state index in [9.17, 15) is 10.1 Å². The number of benzene rings is 2. The van der Waals surface area contributed by atoms with Crippen molar-refractivity contribution in [1.82, 2.24) is 0 Å². The van der Waals surface area contributed by atoms with Gasteiger partial charge in [0.15, 0.2) is 11.5 Å². The van der Waals surface area contributed by atoms with Gasteiger partial charge in [0.2, 0.25) is 0 Å². The number of hydrogen-bond acceptors (Lipinski definition) is 4. The third-order valence-electron chi connectivity index (χ3n) is 3.46. The van der Waals surface area contributed by atoms with Crippen LogP contribution in [0.2, 0.25) is 5.02 Å². The quantitative estimate of drug-likeness (QED) is 0.321. The lowest BCUT2D eigenvalue weighted by Gasteiger charge is -2.13. The molecule has 0 saturated carbocycles. The predicted octanol–water partition coefficient (Wildman–Crippen LogP) is 5.29. The van der Waals surface area contributed by atoms with Gasteiger partial charge in [-0.05, 0) is 71.0 Å². The zero-order chi connectivity index (χ0) is 19.8. The number of carbonyl (C=O) groups excluding carboxylic acids is 1. The van der Waals surface area contributed by atoms with Gasteiger partial charge < -0.3 is 14.8 Å². The first-order valence-corrected chi connectivity index (χ1v) is 9.63. The largest absolute Gasteiger partial charge is 0.493 e. The summed E-state index contributed by atoms with van der Waals surface area (Å²) in [7, 11) is 1.55. The summed E-state index contributed by atoms with van der Waals surface area (Å²) in [6, 6.07) is 12.2. The highest BCUT2D eigenvalue weighted by Gasteiger charge is 2.14. The highest BCUT2D eigenvalue weighted by molar-refractivity contribution is 14.1. The van der Waals surface area contributed by atoms with Gasteiger partial charge in [-0.15, -0.1) is 0 Å². The van der Waals surface area contributed by atoms with Crippen molar-refractivity contribution in [3.8, 4) is 17.6 Å². The maximum atomic E-state index is 12.4. The number of nitrogens with one attached hydrogen (secondary N) is 1. The SMILES string of the molecule is CCCOc1c(I)cc(/C=C(\C#N)C(=O)Nc2cccc(Cl)c2)cc1OC. The molecule has 1 N–H and O–H groups in total. The Bertz CT molecular complexity index is 907. The first-order chi connectivity index (χ1) is 13.0. The Kier molecular flexibility index (Phi) is 7.95. The van der Waals surface area contributed by atoms with Crippen LogP contribution in [0.4, 0.5) is 5.69 Å². The van der Waals surface area contributed by atoms with Gasteiger partial charge in [0, 0.05) is 10.7 Å². The molecule has 0 atom stereocenters. The zero-order valence-electron chi connectivity index (χ0n) is 14.9. The van der Waals surface area contributed by atoms with Crippen LogP contribution in [0.3, 0.4) is 0 Å². The monoisotopic (exact) mass is 496 g/mol. The molecule has 5 nitrogen and oxygen atoms in total. The van der Waals surface area contributed by atoms with Gasteiger partial charge in [0.25, 0.3) is 5.91 Å². The Hall–Kier alpha value is -2.24. The standard InChI is InChI=1S/C20H18ClIN2O3/c1-3-7-27-19-17(22)9-13(10-18(19)26-2)8-14(12-23)20(25)24-16-6-4-5-15(21)11-16/h4-6,8-11H,3,7H2,1-2H3,(H,24,25)/b14-8+. The van der Waals surface area contributed by atoms with Gasteiger partial charge >= 0.3 is 0 Å². The average molecular weight is 497 g/mol. The average Bonchev–Trinajstić information content (AvgIpc) is 2.64. The maximum absolute atomic E-state index is 12.4. The molecule has 1 amide bonds. The smallest absolute Gasteiger partial charge is 0.266 e. The molecule has 0 spiro atoms. The van der Waals surface area contributed by atoms with Crippen molar-refractivity contribution in [3.63, 3.8) is 0 Å². The van der Waals surface area contributed by atoms with E-state index in [1.165, 1.54) is 6.08 Å². The van der Waals surface area contributed by atoms with Gasteiger partial charge in [0.05, 0.1) is 17.3 Å². The van der Waals surface area contributed by atoms with E-state index in [0.29, 0.717) is 34.4 Å². The van der Waals surface area contributed by atoms with Gasteiger partial charge in [0.1, 0.15) is 11.6 Å². The minimum atomic E-state index is -0.514. The van der Waals surface area contributed by atoms with Gasteiger partial charge in [-0.2, -0.15) is 5.26 Å². The predicted molar refractivity (Wildman–Crippen MR) is 115 cm³/mol. The number of methoxy groups -OCH3 is 1. The Morgan fingerprint density at radius 2 is 2.15 bits per heavy atom. The van der Waals surface area contributed by atoms with Gasteiger partial charge in [-0.1, -0.05) is 24.6 Å². The van der Waals surface area contributed by atoms with Crippen molar-refractivity contribution in [3.05, 3.63) is 56.1 Å². The fourth-order valence-electron chi connectivity index (χ4n) is 2.25. The van der Waals surface area contributed by atoms with Crippen molar-refractivity contribution >= 4 is 51.9 Å². The molecule has 0 saturated heterocycles. The molecule has 0 bridgehead atoms. The van der Waals surface area contributed by atoms with Crippen molar-refractivity contribution in [2.24, 2.45) is 0 Å². The van der Waals surface area contributed by atoms with E-state index in [1.807, 2.05) is 19.1 Å². The van der Waals surface area contributed by atoms with Crippen LogP contribution in [-0.2, 0) is 4.79 Å². The molecule has 0 radical (unpaired) electrons. The molecule has 7 heteroatoms. The Morgan fingerprint density at radius 3 is 2.78 bits per heavy atom. The van der Waals surface area contributed by atoms with Crippen LogP contribution in [-0.4, -0.2) is 19.6 Å². The second-order valence-electron chi connectivity index (χ2n) is 5.52. The molecule has 0 unspecified atom stereocenters. The number of ether oxygens (including phenoxy) is 2. The van der Waals surface area contributed by atoms with Crippen LogP contribution < -0.4 is 14.8 Å². The number of rotatable bonds is 7. The number of nitriles is 1. The third-order valence-corrected chi connectivity index (χ3v) is 4.50. The van der Waals surface area contributed by atoms with Gasteiger partial charge in [-0.3, -0.25) is 4.79 Å². The van der Waals surface area contributed by atoms with Crippen LogP contribution in [0.25, 0.3) is 6.08 Å². The highest BCUT2D eigenvalue weighted by atomic mass is 127. The van der Waals surface area contributed by atoms with Crippen molar-refractivity contribution in [2.75, 3.05) is 19.0 Å². The summed E-state index contributed by atoms with van der Waals surface area (Å²) in [4.78, 5) is 12.4. The van der Waals surface area contributed by atoms with Crippen LogP contribution in [0.15, 0.2) is 42.0 Å². The molecular formula is C20H18ClIN2O3. The lowest BCUT2D eigenvalue weighted by molar-refractivity contribution is -0.112. The summed E-state index contributed by atoms with van der Waals surface area (Å²) < 4.78 is 11.9. The van der Waals surface area contributed by atoms with Crippen LogP contribution in [0.1, 0.15) is 18.9 Å². The fraction of sp³-hybridized carbons (Fsp3) is 0.200. The van der Waals surface area contributed by atoms with Crippen LogP contribution in [0.5, 0.6) is 11.5 Å². The fourth-order valence-corrected chi connectivity index (χ4v) is 3.22. The zero-order valence-corrected chi connectivity index (χ0v) is 17.8. The first kappa shape index (κ1) is 21.1. The van der Waals surface area contributed by atoms with E-state index in [1.54, 1.807) is 37.4 Å². The maximum Gasteiger partial charge on any atom is 0.266 e. The molecule has 27 heavy (non-hydrogen) atoms. The number of nitrogens with zero attached hydrogens (tertiary/aromatic N) is 1. The molecule has 0 aromatic heterocycles. The molecule has 0 heterocycles. The lowest BCUT2D eigenvalue weighted by Crippen LogP contribution is -2.13. The second-order valence-corrected chi connectivity index (χ2v) is 7.12. The first-order valence-electron chi connectivity index (χ1n) is 8.17. The van der Waals surface area contributed by atoms with E-state index in [4.69, 9.17) is 21.1 Å². The molecule has 0 aliphatic carbocycles. The minimum Gasteiger partial charge on any atom is -0.493 e. The van der Waals surface area contributed by atoms with E-state index < -0.39 is 5.91 Å². The molecule has 140 valence electrons. The van der Waals surface area contributed by atoms with E-state index in [0.717, 1.165) is 9.99 Å².